The minimum atomic E-state index is -0.109. The molecule has 1 aromatic carbocycles. The number of hydrogen-bond acceptors (Lipinski definition) is 3. The van der Waals surface area contributed by atoms with Gasteiger partial charge in [-0.25, -0.2) is 4.98 Å². The summed E-state index contributed by atoms with van der Waals surface area (Å²) in [6, 6.07) is 13.7. The third kappa shape index (κ3) is 2.65. The van der Waals surface area contributed by atoms with Gasteiger partial charge in [-0.3, -0.25) is 9.20 Å². The van der Waals surface area contributed by atoms with Crippen molar-refractivity contribution in [2.75, 3.05) is 13.2 Å². The first-order valence-electron chi connectivity index (χ1n) is 7.72. The maximum atomic E-state index is 12.4. The number of aromatic nitrogens is 2. The van der Waals surface area contributed by atoms with Crippen molar-refractivity contribution in [1.82, 2.24) is 14.7 Å². The molecule has 4 rings (SSSR count). The number of pyridine rings is 1. The number of carbonyl (C=O) groups excluding carboxylic acids is 1. The molecule has 3 heterocycles. The highest BCUT2D eigenvalue weighted by Gasteiger charge is 2.21. The van der Waals surface area contributed by atoms with Crippen LogP contribution < -0.4 is 10.1 Å². The van der Waals surface area contributed by atoms with Gasteiger partial charge in [0.2, 0.25) is 0 Å². The molecule has 5 nitrogen and oxygen atoms in total. The zero-order valence-corrected chi connectivity index (χ0v) is 12.6. The van der Waals surface area contributed by atoms with E-state index < -0.39 is 0 Å². The fourth-order valence-electron chi connectivity index (χ4n) is 2.95. The van der Waals surface area contributed by atoms with Crippen LogP contribution in [-0.2, 0) is 6.42 Å². The molecule has 0 aliphatic carbocycles. The molecular weight excluding hydrogens is 290 g/mol. The molecule has 1 amide bonds. The van der Waals surface area contributed by atoms with E-state index >= 15 is 0 Å². The van der Waals surface area contributed by atoms with Crippen molar-refractivity contribution in [3.8, 4) is 5.75 Å². The molecule has 0 saturated carbocycles. The highest BCUT2D eigenvalue weighted by molar-refractivity contribution is 5.93. The monoisotopic (exact) mass is 307 g/mol. The van der Waals surface area contributed by atoms with Gasteiger partial charge in [0.1, 0.15) is 17.1 Å². The van der Waals surface area contributed by atoms with Gasteiger partial charge in [0.05, 0.1) is 12.8 Å². The molecule has 1 aliphatic heterocycles. The maximum absolute atomic E-state index is 12.4. The summed E-state index contributed by atoms with van der Waals surface area (Å²) < 4.78 is 7.55. The Labute approximate surface area is 133 Å². The zero-order valence-electron chi connectivity index (χ0n) is 12.6. The Morgan fingerprint density at radius 3 is 3.09 bits per heavy atom. The van der Waals surface area contributed by atoms with Crippen LogP contribution in [0.2, 0.25) is 0 Å². The second-order valence-electron chi connectivity index (χ2n) is 5.77. The lowest BCUT2D eigenvalue weighted by Crippen LogP contribution is -2.35. The van der Waals surface area contributed by atoms with Crippen LogP contribution in [0.4, 0.5) is 0 Å². The summed E-state index contributed by atoms with van der Waals surface area (Å²) >= 11 is 0. The van der Waals surface area contributed by atoms with Crippen LogP contribution in [0.5, 0.6) is 5.75 Å². The number of imidazole rings is 1. The number of nitrogens with zero attached hydrogens (tertiary/aromatic N) is 2. The topological polar surface area (TPSA) is 55.6 Å². The lowest BCUT2D eigenvalue weighted by Gasteiger charge is -2.25. The average molecular weight is 307 g/mol. The second-order valence-corrected chi connectivity index (χ2v) is 5.77. The van der Waals surface area contributed by atoms with Gasteiger partial charge in [-0.05, 0) is 30.2 Å². The Balaban J connectivity index is 1.43. The standard InChI is InChI=1S/C18H17N3O2/c22-18(15-11-19-17-7-3-4-8-21(15)17)20-10-13-9-14-5-1-2-6-16(14)23-12-13/h1-8,11,13H,9-10,12H2,(H,20,22)/t13-/m1/s1. The normalized spacial score (nSPS) is 16.6. The molecule has 2 aromatic heterocycles. The third-order valence-electron chi connectivity index (χ3n) is 4.16. The van der Waals surface area contributed by atoms with Crippen molar-refractivity contribution in [2.45, 2.75) is 6.42 Å². The van der Waals surface area contributed by atoms with E-state index in [2.05, 4.69) is 16.4 Å². The highest BCUT2D eigenvalue weighted by Crippen LogP contribution is 2.26. The summed E-state index contributed by atoms with van der Waals surface area (Å²) in [6.45, 7) is 1.22. The minimum Gasteiger partial charge on any atom is -0.493 e. The van der Waals surface area contributed by atoms with Gasteiger partial charge in [-0.2, -0.15) is 0 Å². The second kappa shape index (κ2) is 5.76. The van der Waals surface area contributed by atoms with Gasteiger partial charge in [0, 0.05) is 18.7 Å². The summed E-state index contributed by atoms with van der Waals surface area (Å²) in [5.74, 6) is 1.13. The fraction of sp³-hybridized carbons (Fsp3) is 0.222. The number of rotatable bonds is 3. The van der Waals surface area contributed by atoms with Crippen molar-refractivity contribution in [1.29, 1.82) is 0 Å². The summed E-state index contributed by atoms with van der Waals surface area (Å²) in [6.07, 6.45) is 4.37. The highest BCUT2D eigenvalue weighted by atomic mass is 16.5. The van der Waals surface area contributed by atoms with E-state index in [0.29, 0.717) is 18.8 Å². The van der Waals surface area contributed by atoms with Crippen LogP contribution in [0, 0.1) is 5.92 Å². The molecule has 3 aromatic rings. The first-order valence-corrected chi connectivity index (χ1v) is 7.72. The number of para-hydroxylation sites is 1. The maximum Gasteiger partial charge on any atom is 0.269 e. The molecule has 5 heteroatoms. The SMILES string of the molecule is O=C(NC[C@@H]1COc2ccccc2C1)c1cnc2ccccn12. The van der Waals surface area contributed by atoms with Crippen LogP contribution in [0.1, 0.15) is 16.1 Å². The van der Waals surface area contributed by atoms with E-state index in [1.807, 2.05) is 42.6 Å². The van der Waals surface area contributed by atoms with E-state index in [9.17, 15) is 4.79 Å². The van der Waals surface area contributed by atoms with Crippen LogP contribution in [0.3, 0.4) is 0 Å². The van der Waals surface area contributed by atoms with E-state index in [1.165, 1.54) is 5.56 Å². The molecule has 116 valence electrons. The zero-order chi connectivity index (χ0) is 15.6. The smallest absolute Gasteiger partial charge is 0.269 e. The molecule has 23 heavy (non-hydrogen) atoms. The third-order valence-corrected chi connectivity index (χ3v) is 4.16. The first-order chi connectivity index (χ1) is 11.3. The summed E-state index contributed by atoms with van der Waals surface area (Å²) in [4.78, 5) is 16.6. The Morgan fingerprint density at radius 2 is 2.13 bits per heavy atom. The Bertz CT molecular complexity index is 856. The molecule has 0 saturated heterocycles. The number of benzene rings is 1. The predicted octanol–water partition coefficient (Wildman–Crippen LogP) is 2.32. The van der Waals surface area contributed by atoms with Crippen LogP contribution in [0.25, 0.3) is 5.65 Å². The fourth-order valence-corrected chi connectivity index (χ4v) is 2.95. The summed E-state index contributed by atoms with van der Waals surface area (Å²) in [5.41, 5.74) is 2.53. The minimum absolute atomic E-state index is 0.109. The lowest BCUT2D eigenvalue weighted by molar-refractivity contribution is 0.0933. The van der Waals surface area contributed by atoms with Gasteiger partial charge < -0.3 is 10.1 Å². The van der Waals surface area contributed by atoms with Crippen LogP contribution in [-0.4, -0.2) is 28.4 Å². The van der Waals surface area contributed by atoms with E-state index in [0.717, 1.165) is 17.8 Å². The number of carbonyl (C=O) groups is 1. The van der Waals surface area contributed by atoms with Gasteiger partial charge in [-0.15, -0.1) is 0 Å². The molecule has 1 aliphatic rings. The Morgan fingerprint density at radius 1 is 1.26 bits per heavy atom. The van der Waals surface area contributed by atoms with Gasteiger partial charge in [-0.1, -0.05) is 24.3 Å². The van der Waals surface area contributed by atoms with Gasteiger partial charge in [0.25, 0.3) is 5.91 Å². The van der Waals surface area contributed by atoms with Crippen molar-refractivity contribution in [3.63, 3.8) is 0 Å². The van der Waals surface area contributed by atoms with Gasteiger partial charge in [0.15, 0.2) is 0 Å². The number of amides is 1. The Kier molecular flexibility index (Phi) is 3.46. The average Bonchev–Trinajstić information content (AvgIpc) is 3.03. The lowest BCUT2D eigenvalue weighted by atomic mass is 9.97. The first kappa shape index (κ1) is 13.8. The Hall–Kier alpha value is -2.82. The van der Waals surface area contributed by atoms with Crippen molar-refractivity contribution in [2.24, 2.45) is 5.92 Å². The summed E-state index contributed by atoms with van der Waals surface area (Å²) in [5, 5.41) is 3.00. The number of hydrogen-bond donors (Lipinski definition) is 1. The van der Waals surface area contributed by atoms with E-state index in [1.54, 1.807) is 10.6 Å². The molecule has 0 bridgehead atoms. The molecule has 1 N–H and O–H groups in total. The molecule has 0 radical (unpaired) electrons. The van der Waals surface area contributed by atoms with Crippen molar-refractivity contribution >= 4 is 11.6 Å². The van der Waals surface area contributed by atoms with Crippen molar-refractivity contribution in [3.05, 3.63) is 66.1 Å². The van der Waals surface area contributed by atoms with Crippen LogP contribution in [0.15, 0.2) is 54.9 Å². The number of ether oxygens (including phenoxy) is 1. The number of nitrogens with one attached hydrogen (secondary N) is 1. The van der Waals surface area contributed by atoms with Crippen molar-refractivity contribution < 1.29 is 9.53 Å². The molecule has 0 fully saturated rings. The van der Waals surface area contributed by atoms with E-state index in [-0.39, 0.29) is 11.8 Å². The number of fused-ring (bicyclic) bond motifs is 2. The predicted molar refractivity (Wildman–Crippen MR) is 86.7 cm³/mol. The molecular formula is C18H17N3O2. The molecule has 0 spiro atoms. The van der Waals surface area contributed by atoms with Gasteiger partial charge >= 0.3 is 0 Å². The van der Waals surface area contributed by atoms with E-state index in [4.69, 9.17) is 4.74 Å². The largest absolute Gasteiger partial charge is 0.493 e. The molecule has 0 unspecified atom stereocenters. The van der Waals surface area contributed by atoms with Crippen LogP contribution >= 0.6 is 0 Å². The quantitative estimate of drug-likeness (QED) is 0.808. The molecule has 1 atom stereocenters. The summed E-state index contributed by atoms with van der Waals surface area (Å²) in [7, 11) is 0.